The number of phenols is 1. The van der Waals surface area contributed by atoms with Crippen molar-refractivity contribution < 1.29 is 9.90 Å². The molecule has 0 unspecified atom stereocenters. The molecule has 0 aliphatic carbocycles. The third-order valence-electron chi connectivity index (χ3n) is 2.84. The summed E-state index contributed by atoms with van der Waals surface area (Å²) in [5.41, 5.74) is 3.91. The van der Waals surface area contributed by atoms with Crippen LogP contribution < -0.4 is 5.43 Å². The summed E-state index contributed by atoms with van der Waals surface area (Å²) in [5.74, 6) is -0.298. The Morgan fingerprint density at radius 2 is 2.05 bits per heavy atom. The Labute approximate surface area is 149 Å². The zero-order valence-corrected chi connectivity index (χ0v) is 15.3. The summed E-state index contributed by atoms with van der Waals surface area (Å²) in [5, 5.41) is 14.2. The van der Waals surface area contributed by atoms with Crippen LogP contribution in [0.25, 0.3) is 0 Å². The highest BCUT2D eigenvalue weighted by atomic mass is 79.9. The van der Waals surface area contributed by atoms with Crippen LogP contribution in [0.15, 0.2) is 44.4 Å². The highest BCUT2D eigenvalue weighted by molar-refractivity contribution is 9.11. The van der Waals surface area contributed by atoms with E-state index < -0.39 is 0 Å². The van der Waals surface area contributed by atoms with E-state index in [0.29, 0.717) is 26.2 Å². The normalized spacial score (nSPS) is 10.9. The Morgan fingerprint density at radius 3 is 2.77 bits per heavy atom. The van der Waals surface area contributed by atoms with Gasteiger partial charge in [-0.1, -0.05) is 27.5 Å². The van der Waals surface area contributed by atoms with E-state index in [4.69, 9.17) is 11.6 Å². The van der Waals surface area contributed by atoms with Crippen molar-refractivity contribution in [3.8, 4) is 5.75 Å². The van der Waals surface area contributed by atoms with Crippen molar-refractivity contribution in [3.63, 3.8) is 0 Å². The van der Waals surface area contributed by atoms with Crippen molar-refractivity contribution in [2.75, 3.05) is 0 Å². The largest absolute Gasteiger partial charge is 0.507 e. The lowest BCUT2D eigenvalue weighted by Gasteiger charge is -2.05. The summed E-state index contributed by atoms with van der Waals surface area (Å²) in [4.78, 5) is 12.1. The van der Waals surface area contributed by atoms with Crippen LogP contribution in [-0.2, 0) is 0 Å². The van der Waals surface area contributed by atoms with Crippen molar-refractivity contribution in [2.24, 2.45) is 5.10 Å². The molecule has 0 aliphatic heterocycles. The molecule has 0 spiro atoms. The van der Waals surface area contributed by atoms with Gasteiger partial charge in [-0.2, -0.15) is 5.10 Å². The van der Waals surface area contributed by atoms with Crippen molar-refractivity contribution in [2.45, 2.75) is 6.92 Å². The highest BCUT2D eigenvalue weighted by Gasteiger charge is 2.10. The second-order valence-corrected chi connectivity index (χ2v) is 6.69. The minimum absolute atomic E-state index is 0.0750. The molecule has 0 atom stereocenters. The van der Waals surface area contributed by atoms with E-state index in [-0.39, 0.29) is 11.7 Å². The van der Waals surface area contributed by atoms with Crippen molar-refractivity contribution in [1.29, 1.82) is 0 Å². The molecule has 0 bridgehead atoms. The number of carbonyl (C=O) groups excluding carboxylic acids is 1. The first-order chi connectivity index (χ1) is 10.4. The number of benzene rings is 2. The third kappa shape index (κ3) is 4.09. The SMILES string of the molecule is Cc1cc(Cl)cc(/C=N/NC(=O)c2cc(Br)ccc2Br)c1O. The van der Waals surface area contributed by atoms with Gasteiger partial charge < -0.3 is 5.11 Å². The maximum Gasteiger partial charge on any atom is 0.272 e. The summed E-state index contributed by atoms with van der Waals surface area (Å²) >= 11 is 12.5. The lowest BCUT2D eigenvalue weighted by Crippen LogP contribution is -2.18. The Bertz CT molecular complexity index is 763. The quantitative estimate of drug-likeness (QED) is 0.533. The van der Waals surface area contributed by atoms with Crippen molar-refractivity contribution in [1.82, 2.24) is 5.43 Å². The maximum absolute atomic E-state index is 12.1. The molecule has 22 heavy (non-hydrogen) atoms. The summed E-state index contributed by atoms with van der Waals surface area (Å²) < 4.78 is 1.44. The van der Waals surface area contributed by atoms with Crippen molar-refractivity contribution >= 4 is 55.6 Å². The average molecular weight is 447 g/mol. The summed E-state index contributed by atoms with van der Waals surface area (Å²) in [6, 6.07) is 8.46. The van der Waals surface area contributed by atoms with Gasteiger partial charge in [0.05, 0.1) is 11.8 Å². The van der Waals surface area contributed by atoms with Gasteiger partial charge in [-0.15, -0.1) is 0 Å². The van der Waals surface area contributed by atoms with Crippen molar-refractivity contribution in [3.05, 3.63) is 61.0 Å². The maximum atomic E-state index is 12.1. The standard InChI is InChI=1S/C15H11Br2ClN2O2/c1-8-4-11(18)5-9(14(8)21)7-19-20-15(22)12-6-10(16)2-3-13(12)17/h2-7,21H,1H3,(H,20,22)/b19-7+. The molecule has 0 saturated heterocycles. The molecule has 0 aromatic heterocycles. The smallest absolute Gasteiger partial charge is 0.272 e. The van der Waals surface area contributed by atoms with E-state index in [1.165, 1.54) is 6.21 Å². The number of nitrogens with zero attached hydrogens (tertiary/aromatic N) is 1. The number of aromatic hydroxyl groups is 1. The summed E-state index contributed by atoms with van der Waals surface area (Å²) in [6.45, 7) is 1.73. The van der Waals surface area contributed by atoms with Crippen LogP contribution >= 0.6 is 43.5 Å². The number of nitrogens with one attached hydrogen (secondary N) is 1. The van der Waals surface area contributed by atoms with E-state index in [1.807, 2.05) is 6.07 Å². The Morgan fingerprint density at radius 1 is 1.32 bits per heavy atom. The average Bonchev–Trinajstić information content (AvgIpc) is 2.46. The zero-order chi connectivity index (χ0) is 16.3. The van der Waals surface area contributed by atoms with Crippen LogP contribution in [0.1, 0.15) is 21.5 Å². The molecule has 2 aromatic rings. The predicted octanol–water partition coefficient (Wildman–Crippen LogP) is 4.64. The molecule has 114 valence electrons. The first-order valence-electron chi connectivity index (χ1n) is 6.16. The van der Waals surface area contributed by atoms with Gasteiger partial charge in [0.2, 0.25) is 0 Å². The number of carbonyl (C=O) groups is 1. The predicted molar refractivity (Wildman–Crippen MR) is 94.8 cm³/mol. The molecule has 0 heterocycles. The van der Waals surface area contributed by atoms with Gasteiger partial charge in [0.25, 0.3) is 5.91 Å². The van der Waals surface area contributed by atoms with Gasteiger partial charge >= 0.3 is 0 Å². The first-order valence-corrected chi connectivity index (χ1v) is 8.12. The molecule has 2 aromatic carbocycles. The summed E-state index contributed by atoms with van der Waals surface area (Å²) in [6.07, 6.45) is 1.35. The van der Waals surface area contributed by atoms with E-state index in [1.54, 1.807) is 31.2 Å². The van der Waals surface area contributed by atoms with Crippen LogP contribution in [0.4, 0.5) is 0 Å². The van der Waals surface area contributed by atoms with Gasteiger partial charge in [-0.05, 0) is 58.7 Å². The third-order valence-corrected chi connectivity index (χ3v) is 4.24. The number of phenolic OH excluding ortho intramolecular Hbond substituents is 1. The minimum Gasteiger partial charge on any atom is -0.507 e. The Kier molecular flexibility index (Phi) is 5.61. The van der Waals surface area contributed by atoms with Crippen LogP contribution in [0, 0.1) is 6.92 Å². The monoisotopic (exact) mass is 444 g/mol. The van der Waals surface area contributed by atoms with Gasteiger partial charge in [0.15, 0.2) is 0 Å². The Balaban J connectivity index is 2.16. The Hall–Kier alpha value is -1.37. The minimum atomic E-state index is -0.373. The summed E-state index contributed by atoms with van der Waals surface area (Å²) in [7, 11) is 0. The fraction of sp³-hybridized carbons (Fsp3) is 0.0667. The number of hydrogen-bond donors (Lipinski definition) is 2. The van der Waals surface area contributed by atoms with Gasteiger partial charge in [-0.25, -0.2) is 5.43 Å². The lowest BCUT2D eigenvalue weighted by atomic mass is 10.1. The second kappa shape index (κ2) is 7.26. The highest BCUT2D eigenvalue weighted by Crippen LogP contribution is 2.25. The molecule has 7 heteroatoms. The number of amides is 1. The van der Waals surface area contributed by atoms with E-state index in [2.05, 4.69) is 42.4 Å². The van der Waals surface area contributed by atoms with Crippen LogP contribution in [-0.4, -0.2) is 17.2 Å². The number of halogens is 3. The number of rotatable bonds is 3. The van der Waals surface area contributed by atoms with Gasteiger partial charge in [-0.3, -0.25) is 4.79 Å². The first kappa shape index (κ1) is 17.0. The topological polar surface area (TPSA) is 61.7 Å². The number of hydrogen-bond acceptors (Lipinski definition) is 3. The fourth-order valence-electron chi connectivity index (χ4n) is 1.75. The molecule has 2 N–H and O–H groups in total. The van der Waals surface area contributed by atoms with E-state index >= 15 is 0 Å². The van der Waals surface area contributed by atoms with Crippen LogP contribution in [0.5, 0.6) is 5.75 Å². The molecule has 0 fully saturated rings. The fourth-order valence-corrected chi connectivity index (χ4v) is 2.82. The molecule has 0 saturated carbocycles. The number of hydrazone groups is 1. The molecule has 4 nitrogen and oxygen atoms in total. The van der Waals surface area contributed by atoms with E-state index in [9.17, 15) is 9.90 Å². The molecule has 0 aliphatic rings. The van der Waals surface area contributed by atoms with Crippen LogP contribution in [0.3, 0.4) is 0 Å². The lowest BCUT2D eigenvalue weighted by molar-refractivity contribution is 0.0954. The van der Waals surface area contributed by atoms with Gasteiger partial charge in [0.1, 0.15) is 5.75 Å². The number of aryl methyl sites for hydroxylation is 1. The zero-order valence-electron chi connectivity index (χ0n) is 11.4. The van der Waals surface area contributed by atoms with E-state index in [0.717, 1.165) is 4.47 Å². The second-order valence-electron chi connectivity index (χ2n) is 4.48. The molecule has 0 radical (unpaired) electrons. The van der Waals surface area contributed by atoms with Gasteiger partial charge in [0, 0.05) is 19.5 Å². The molecule has 1 amide bonds. The molecule has 2 rings (SSSR count). The van der Waals surface area contributed by atoms with Crippen LogP contribution in [0.2, 0.25) is 5.02 Å². The molecular formula is C15H11Br2ClN2O2. The molecular weight excluding hydrogens is 435 g/mol.